The Labute approximate surface area is 123 Å². The monoisotopic (exact) mass is 303 g/mol. The summed E-state index contributed by atoms with van der Waals surface area (Å²) >= 11 is 1.28. The van der Waals surface area contributed by atoms with Crippen LogP contribution in [0.1, 0.15) is 0 Å². The highest BCUT2D eigenvalue weighted by atomic mass is 32.1. The molecule has 0 spiro atoms. The van der Waals surface area contributed by atoms with Gasteiger partial charge in [0, 0.05) is 19.7 Å². The number of nitrogens with zero attached hydrogens (tertiary/aromatic N) is 3. The first-order valence-corrected chi connectivity index (χ1v) is 7.05. The first-order valence-electron chi connectivity index (χ1n) is 6.24. The molecule has 7 heteroatoms. The maximum atomic E-state index is 12.1. The van der Waals surface area contributed by atoms with Crippen molar-refractivity contribution in [3.63, 3.8) is 0 Å². The van der Waals surface area contributed by atoms with Crippen molar-refractivity contribution >= 4 is 21.7 Å². The summed E-state index contributed by atoms with van der Waals surface area (Å²) in [6, 6.07) is 7.41. The van der Waals surface area contributed by atoms with Gasteiger partial charge in [-0.3, -0.25) is 13.9 Å². The highest BCUT2D eigenvalue weighted by Gasteiger charge is 2.14. The molecule has 0 aliphatic heterocycles. The van der Waals surface area contributed by atoms with E-state index in [1.54, 1.807) is 14.2 Å². The van der Waals surface area contributed by atoms with E-state index in [-0.39, 0.29) is 11.2 Å². The summed E-state index contributed by atoms with van der Waals surface area (Å²) in [6.45, 7) is 0. The molecule has 0 bridgehead atoms. The Balaban J connectivity index is 2.26. The molecule has 1 aromatic carbocycles. The van der Waals surface area contributed by atoms with Crippen molar-refractivity contribution < 1.29 is 4.74 Å². The van der Waals surface area contributed by atoms with Crippen LogP contribution in [0.15, 0.2) is 33.9 Å². The Morgan fingerprint density at radius 1 is 1.10 bits per heavy atom. The average molecular weight is 303 g/mol. The number of hydrogen-bond donors (Lipinski definition) is 0. The van der Waals surface area contributed by atoms with Crippen LogP contribution in [0.5, 0.6) is 5.75 Å². The number of thiazole rings is 1. The molecule has 2 aromatic heterocycles. The van der Waals surface area contributed by atoms with Gasteiger partial charge in [-0.25, -0.2) is 9.78 Å². The fraction of sp³-hybridized carbons (Fsp3) is 0.214. The van der Waals surface area contributed by atoms with Crippen LogP contribution in [0.3, 0.4) is 0 Å². The summed E-state index contributed by atoms with van der Waals surface area (Å²) in [7, 11) is 4.69. The number of rotatable bonds is 2. The molecule has 3 aromatic rings. The second-order valence-corrected chi connectivity index (χ2v) is 5.61. The third-order valence-corrected chi connectivity index (χ3v) is 4.42. The predicted molar refractivity (Wildman–Crippen MR) is 82.1 cm³/mol. The van der Waals surface area contributed by atoms with Gasteiger partial charge in [-0.1, -0.05) is 0 Å². The molecule has 0 aliphatic rings. The first kappa shape index (κ1) is 13.6. The van der Waals surface area contributed by atoms with Gasteiger partial charge in [0.1, 0.15) is 15.5 Å². The van der Waals surface area contributed by atoms with E-state index in [0.717, 1.165) is 15.9 Å². The van der Waals surface area contributed by atoms with E-state index < -0.39 is 0 Å². The minimum absolute atomic E-state index is 0.314. The minimum Gasteiger partial charge on any atom is -0.497 e. The van der Waals surface area contributed by atoms with E-state index in [1.165, 1.54) is 23.0 Å². The zero-order valence-electron chi connectivity index (χ0n) is 11.8. The van der Waals surface area contributed by atoms with Gasteiger partial charge in [0.05, 0.1) is 7.11 Å². The van der Waals surface area contributed by atoms with Crippen molar-refractivity contribution in [2.45, 2.75) is 0 Å². The highest BCUT2D eigenvalue weighted by molar-refractivity contribution is 7.21. The number of hydrogen-bond acceptors (Lipinski definition) is 5. The SMILES string of the molecule is COc1ccc(-c2nc3c(s2)c(=O)n(C)c(=O)n3C)cc1. The lowest BCUT2D eigenvalue weighted by Crippen LogP contribution is -2.36. The summed E-state index contributed by atoms with van der Waals surface area (Å²) in [5.74, 6) is 0.753. The predicted octanol–water partition coefficient (Wildman–Crippen LogP) is 1.37. The number of ether oxygens (including phenoxy) is 1. The second kappa shape index (κ2) is 4.85. The molecule has 6 nitrogen and oxygen atoms in total. The average Bonchev–Trinajstić information content (AvgIpc) is 2.96. The molecule has 0 amide bonds. The summed E-state index contributed by atoms with van der Waals surface area (Å²) in [5.41, 5.74) is 0.606. The molecule has 2 heterocycles. The van der Waals surface area contributed by atoms with Crippen LogP contribution in [0.2, 0.25) is 0 Å². The molecule has 3 rings (SSSR count). The van der Waals surface area contributed by atoms with Crippen LogP contribution in [-0.4, -0.2) is 21.2 Å². The number of aromatic nitrogens is 3. The molecule has 0 saturated heterocycles. The number of aryl methyl sites for hydroxylation is 1. The van der Waals surface area contributed by atoms with Crippen molar-refractivity contribution in [1.82, 2.24) is 14.1 Å². The molecule has 0 aliphatic carbocycles. The molecular weight excluding hydrogens is 290 g/mol. The van der Waals surface area contributed by atoms with E-state index in [2.05, 4.69) is 4.98 Å². The molecule has 0 atom stereocenters. The van der Waals surface area contributed by atoms with Crippen molar-refractivity contribution in [2.75, 3.05) is 7.11 Å². The van der Waals surface area contributed by atoms with Crippen molar-refractivity contribution in [3.8, 4) is 16.3 Å². The second-order valence-electron chi connectivity index (χ2n) is 4.61. The van der Waals surface area contributed by atoms with Gasteiger partial charge < -0.3 is 4.74 Å². The van der Waals surface area contributed by atoms with Crippen molar-refractivity contribution in [3.05, 3.63) is 45.1 Å². The van der Waals surface area contributed by atoms with Crippen LogP contribution in [0.25, 0.3) is 20.9 Å². The Kier molecular flexibility index (Phi) is 3.13. The normalized spacial score (nSPS) is 11.0. The van der Waals surface area contributed by atoms with Crippen LogP contribution in [-0.2, 0) is 14.1 Å². The van der Waals surface area contributed by atoms with Gasteiger partial charge >= 0.3 is 5.69 Å². The van der Waals surface area contributed by atoms with Gasteiger partial charge in [-0.05, 0) is 24.3 Å². The van der Waals surface area contributed by atoms with E-state index in [4.69, 9.17) is 4.74 Å². The molecule has 0 radical (unpaired) electrons. The minimum atomic E-state index is -0.376. The molecule has 0 saturated carbocycles. The Morgan fingerprint density at radius 2 is 1.76 bits per heavy atom. The van der Waals surface area contributed by atoms with E-state index in [1.807, 2.05) is 24.3 Å². The maximum absolute atomic E-state index is 12.1. The molecular formula is C14H13N3O3S. The van der Waals surface area contributed by atoms with E-state index in [9.17, 15) is 9.59 Å². The lowest BCUT2D eigenvalue weighted by molar-refractivity contribution is 0.415. The number of methoxy groups -OCH3 is 1. The van der Waals surface area contributed by atoms with E-state index >= 15 is 0 Å². The molecule has 108 valence electrons. The van der Waals surface area contributed by atoms with Gasteiger partial charge in [0.25, 0.3) is 5.56 Å². The van der Waals surface area contributed by atoms with Gasteiger partial charge in [0.15, 0.2) is 5.65 Å². The van der Waals surface area contributed by atoms with Crippen LogP contribution in [0, 0.1) is 0 Å². The molecule has 21 heavy (non-hydrogen) atoms. The van der Waals surface area contributed by atoms with Crippen LogP contribution in [0.4, 0.5) is 0 Å². The van der Waals surface area contributed by atoms with Crippen molar-refractivity contribution in [2.24, 2.45) is 14.1 Å². The third kappa shape index (κ3) is 2.06. The van der Waals surface area contributed by atoms with Gasteiger partial charge in [0.2, 0.25) is 0 Å². The topological polar surface area (TPSA) is 66.1 Å². The van der Waals surface area contributed by atoms with Crippen molar-refractivity contribution in [1.29, 1.82) is 0 Å². The van der Waals surface area contributed by atoms with Crippen LogP contribution >= 0.6 is 11.3 Å². The number of fused-ring (bicyclic) bond motifs is 1. The standard InChI is InChI=1S/C14H13N3O3S/c1-16-11-10(13(18)17(2)14(16)19)21-12(15-11)8-4-6-9(20-3)7-5-8/h4-7H,1-3H3. The van der Waals surface area contributed by atoms with E-state index in [0.29, 0.717) is 15.4 Å². The summed E-state index contributed by atoms with van der Waals surface area (Å²) < 4.78 is 8.08. The lowest BCUT2D eigenvalue weighted by Gasteiger charge is -2.01. The Hall–Kier alpha value is -2.41. The molecule has 0 N–H and O–H groups in total. The zero-order chi connectivity index (χ0) is 15.1. The highest BCUT2D eigenvalue weighted by Crippen LogP contribution is 2.28. The number of benzene rings is 1. The molecule has 0 fully saturated rings. The third-order valence-electron chi connectivity index (χ3n) is 3.34. The summed E-state index contributed by atoms with van der Waals surface area (Å²) in [5, 5.41) is 0.700. The summed E-state index contributed by atoms with van der Waals surface area (Å²) in [4.78, 5) is 28.5. The molecule has 0 unspecified atom stereocenters. The smallest absolute Gasteiger partial charge is 0.332 e. The first-order chi connectivity index (χ1) is 10.0. The quantitative estimate of drug-likeness (QED) is 0.717. The maximum Gasteiger partial charge on any atom is 0.332 e. The van der Waals surface area contributed by atoms with Crippen LogP contribution < -0.4 is 16.0 Å². The fourth-order valence-corrected chi connectivity index (χ4v) is 3.17. The van der Waals surface area contributed by atoms with Gasteiger partial charge in [-0.2, -0.15) is 0 Å². The Bertz CT molecular complexity index is 935. The zero-order valence-corrected chi connectivity index (χ0v) is 12.6. The van der Waals surface area contributed by atoms with Gasteiger partial charge in [-0.15, -0.1) is 11.3 Å². The summed E-state index contributed by atoms with van der Waals surface area (Å²) in [6.07, 6.45) is 0. The lowest BCUT2D eigenvalue weighted by atomic mass is 10.2. The fourth-order valence-electron chi connectivity index (χ4n) is 2.09. The largest absolute Gasteiger partial charge is 0.497 e. The Morgan fingerprint density at radius 3 is 2.38 bits per heavy atom.